The highest BCUT2D eigenvalue weighted by atomic mass is 35.5. The number of carbonyl (C=O) groups is 1. The summed E-state index contributed by atoms with van der Waals surface area (Å²) in [5.41, 5.74) is 0.698. The third kappa shape index (κ3) is 3.25. The largest absolute Gasteiger partial charge is 0.402 e. The molecule has 1 aliphatic rings. The Morgan fingerprint density at radius 2 is 1.70 bits per heavy atom. The first-order valence-corrected chi connectivity index (χ1v) is 7.12. The average molecular weight is 354 g/mol. The number of hydrogen-bond acceptors (Lipinski definition) is 3. The van der Waals surface area contributed by atoms with Crippen LogP contribution in [0.15, 0.2) is 47.1 Å². The highest BCUT2D eigenvalue weighted by molar-refractivity contribution is 6.34. The number of ether oxygens (including phenoxy) is 1. The summed E-state index contributed by atoms with van der Waals surface area (Å²) in [5, 5.41) is 0.446. The highest BCUT2D eigenvalue weighted by Crippen LogP contribution is 2.26. The molecule has 0 atom stereocenters. The molecule has 1 aliphatic heterocycles. The topological polar surface area (TPSA) is 38.7 Å². The molecule has 116 valence electrons. The predicted molar refractivity (Wildman–Crippen MR) is 83.4 cm³/mol. The molecule has 0 saturated carbocycles. The standard InChI is InChI=1S/C16H7Cl2F2NO2/c17-9-3-1-8(2-4-9)5-14-16(22)23-15(21-14)10-6-12(19)13(20)7-11(10)18/h1-7H/b14-5-. The molecule has 1 heterocycles. The van der Waals surface area contributed by atoms with E-state index in [0.717, 1.165) is 12.1 Å². The SMILES string of the molecule is O=C1OC(c2cc(F)c(F)cc2Cl)=N/C1=C\c1ccc(Cl)cc1. The molecule has 23 heavy (non-hydrogen) atoms. The minimum Gasteiger partial charge on any atom is -0.402 e. The van der Waals surface area contributed by atoms with E-state index in [1.165, 1.54) is 6.08 Å². The van der Waals surface area contributed by atoms with Crippen molar-refractivity contribution in [1.82, 2.24) is 0 Å². The minimum absolute atomic E-state index is 0.00146. The second-order valence-corrected chi connectivity index (χ2v) is 5.48. The number of aliphatic imine (C=N–C) groups is 1. The summed E-state index contributed by atoms with van der Waals surface area (Å²) in [7, 11) is 0. The van der Waals surface area contributed by atoms with Gasteiger partial charge in [-0.15, -0.1) is 0 Å². The van der Waals surface area contributed by atoms with Gasteiger partial charge in [0.2, 0.25) is 5.90 Å². The van der Waals surface area contributed by atoms with Gasteiger partial charge in [-0.05, 0) is 35.9 Å². The number of benzene rings is 2. The third-order valence-electron chi connectivity index (χ3n) is 3.03. The Morgan fingerprint density at radius 1 is 1.04 bits per heavy atom. The van der Waals surface area contributed by atoms with E-state index in [1.807, 2.05) is 0 Å². The Labute approximate surface area is 139 Å². The van der Waals surface area contributed by atoms with E-state index >= 15 is 0 Å². The van der Waals surface area contributed by atoms with Crippen molar-refractivity contribution in [3.05, 3.63) is 74.9 Å². The quantitative estimate of drug-likeness (QED) is 0.449. The molecule has 0 amide bonds. The van der Waals surface area contributed by atoms with E-state index in [9.17, 15) is 13.6 Å². The van der Waals surface area contributed by atoms with Crippen LogP contribution in [0, 0.1) is 11.6 Å². The van der Waals surface area contributed by atoms with Crippen molar-refractivity contribution >= 4 is 41.1 Å². The summed E-state index contributed by atoms with van der Waals surface area (Å²) in [6.07, 6.45) is 1.49. The van der Waals surface area contributed by atoms with Gasteiger partial charge in [0, 0.05) is 5.02 Å². The first-order valence-electron chi connectivity index (χ1n) is 6.37. The van der Waals surface area contributed by atoms with Gasteiger partial charge in [0.05, 0.1) is 10.6 Å². The second kappa shape index (κ2) is 6.10. The minimum atomic E-state index is -1.11. The molecule has 3 nitrogen and oxygen atoms in total. The second-order valence-electron chi connectivity index (χ2n) is 4.63. The van der Waals surface area contributed by atoms with Gasteiger partial charge in [-0.3, -0.25) is 0 Å². The van der Waals surface area contributed by atoms with Gasteiger partial charge in [-0.1, -0.05) is 35.3 Å². The monoisotopic (exact) mass is 353 g/mol. The zero-order chi connectivity index (χ0) is 16.6. The Bertz CT molecular complexity index is 861. The molecule has 0 unspecified atom stereocenters. The number of rotatable bonds is 2. The van der Waals surface area contributed by atoms with Crippen LogP contribution in [0.1, 0.15) is 11.1 Å². The maximum absolute atomic E-state index is 13.3. The van der Waals surface area contributed by atoms with Gasteiger partial charge in [0.25, 0.3) is 0 Å². The summed E-state index contributed by atoms with van der Waals surface area (Å²) < 4.78 is 31.4. The molecule has 3 rings (SSSR count). The molecule has 0 radical (unpaired) electrons. The number of halogens is 4. The van der Waals surface area contributed by atoms with Crippen LogP contribution in [0.4, 0.5) is 8.78 Å². The fraction of sp³-hybridized carbons (Fsp3) is 0. The summed E-state index contributed by atoms with van der Waals surface area (Å²) in [5.74, 6) is -3.10. The maximum atomic E-state index is 13.3. The molecule has 2 aromatic rings. The van der Waals surface area contributed by atoms with Crippen LogP contribution in [0.3, 0.4) is 0 Å². The fourth-order valence-corrected chi connectivity index (χ4v) is 2.28. The van der Waals surface area contributed by atoms with Gasteiger partial charge in [0.1, 0.15) is 0 Å². The summed E-state index contributed by atoms with van der Waals surface area (Å²) in [6.45, 7) is 0. The lowest BCUT2D eigenvalue weighted by Gasteiger charge is -2.03. The molecule has 2 aromatic carbocycles. The first-order chi connectivity index (χ1) is 10.9. The summed E-state index contributed by atoms with van der Waals surface area (Å²) >= 11 is 11.6. The van der Waals surface area contributed by atoms with Crippen molar-refractivity contribution in [3.63, 3.8) is 0 Å². The smallest absolute Gasteiger partial charge is 0.363 e. The lowest BCUT2D eigenvalue weighted by atomic mass is 10.2. The zero-order valence-corrected chi connectivity index (χ0v) is 12.8. The molecule has 0 N–H and O–H groups in total. The Hall–Kier alpha value is -2.24. The number of cyclic esters (lactones) is 1. The Kier molecular flexibility index (Phi) is 4.15. The van der Waals surface area contributed by atoms with Crippen LogP contribution in [0.2, 0.25) is 10.0 Å². The molecular weight excluding hydrogens is 347 g/mol. The summed E-state index contributed by atoms with van der Waals surface area (Å²) in [4.78, 5) is 15.8. The van der Waals surface area contributed by atoms with Crippen LogP contribution < -0.4 is 0 Å². The molecule has 0 bridgehead atoms. The van der Waals surface area contributed by atoms with Crippen LogP contribution in [-0.4, -0.2) is 11.9 Å². The molecule has 0 aliphatic carbocycles. The normalized spacial score (nSPS) is 15.7. The molecular formula is C16H7Cl2F2NO2. The van der Waals surface area contributed by atoms with Crippen molar-refractivity contribution in [2.24, 2.45) is 4.99 Å². The molecule has 7 heteroatoms. The lowest BCUT2D eigenvalue weighted by Crippen LogP contribution is -2.07. The van der Waals surface area contributed by atoms with Gasteiger partial charge in [-0.2, -0.15) is 0 Å². The zero-order valence-electron chi connectivity index (χ0n) is 11.3. The fourth-order valence-electron chi connectivity index (χ4n) is 1.93. The lowest BCUT2D eigenvalue weighted by molar-refractivity contribution is -0.129. The Balaban J connectivity index is 1.98. The predicted octanol–water partition coefficient (Wildman–Crippen LogP) is 4.62. The molecule has 0 aromatic heterocycles. The van der Waals surface area contributed by atoms with E-state index in [1.54, 1.807) is 24.3 Å². The van der Waals surface area contributed by atoms with Gasteiger partial charge in [-0.25, -0.2) is 18.6 Å². The summed E-state index contributed by atoms with van der Waals surface area (Å²) in [6, 6.07) is 8.33. The number of carbonyl (C=O) groups excluding carboxylic acids is 1. The van der Waals surface area contributed by atoms with Crippen LogP contribution in [-0.2, 0) is 9.53 Å². The number of esters is 1. The number of nitrogens with zero attached hydrogens (tertiary/aromatic N) is 1. The van der Waals surface area contributed by atoms with Crippen molar-refractivity contribution in [1.29, 1.82) is 0 Å². The van der Waals surface area contributed by atoms with E-state index in [-0.39, 0.29) is 22.2 Å². The van der Waals surface area contributed by atoms with Crippen molar-refractivity contribution in [3.8, 4) is 0 Å². The maximum Gasteiger partial charge on any atom is 0.363 e. The third-order valence-corrected chi connectivity index (χ3v) is 3.60. The molecule has 0 saturated heterocycles. The van der Waals surface area contributed by atoms with Gasteiger partial charge >= 0.3 is 5.97 Å². The Morgan fingerprint density at radius 3 is 2.39 bits per heavy atom. The first kappa shape index (κ1) is 15.6. The number of hydrogen-bond donors (Lipinski definition) is 0. The van der Waals surface area contributed by atoms with Crippen LogP contribution in [0.25, 0.3) is 6.08 Å². The van der Waals surface area contributed by atoms with Crippen LogP contribution in [0.5, 0.6) is 0 Å². The van der Waals surface area contributed by atoms with Gasteiger partial charge in [0.15, 0.2) is 17.3 Å². The van der Waals surface area contributed by atoms with E-state index in [2.05, 4.69) is 4.99 Å². The van der Waals surface area contributed by atoms with E-state index < -0.39 is 17.6 Å². The van der Waals surface area contributed by atoms with Crippen molar-refractivity contribution in [2.45, 2.75) is 0 Å². The van der Waals surface area contributed by atoms with Crippen LogP contribution >= 0.6 is 23.2 Å². The molecule has 0 fully saturated rings. The molecule has 0 spiro atoms. The van der Waals surface area contributed by atoms with Crippen molar-refractivity contribution < 1.29 is 18.3 Å². The van der Waals surface area contributed by atoms with Gasteiger partial charge < -0.3 is 4.74 Å². The van der Waals surface area contributed by atoms with E-state index in [4.69, 9.17) is 27.9 Å². The van der Waals surface area contributed by atoms with Crippen molar-refractivity contribution in [2.75, 3.05) is 0 Å². The van der Waals surface area contributed by atoms with E-state index in [0.29, 0.717) is 10.6 Å². The average Bonchev–Trinajstić information content (AvgIpc) is 2.86. The highest BCUT2D eigenvalue weighted by Gasteiger charge is 2.26.